The number of aliphatic hydroxyl groups is 2. The van der Waals surface area contributed by atoms with Crippen molar-refractivity contribution in [2.45, 2.75) is 55.0 Å². The van der Waals surface area contributed by atoms with E-state index in [1.807, 2.05) is 6.92 Å². The molecule has 1 amide bonds. The molecule has 6 atom stereocenters. The number of nitrogens with one attached hydrogen (secondary N) is 1. The molecule has 2 saturated carbocycles. The Labute approximate surface area is 212 Å². The molecule has 7 nitrogen and oxygen atoms in total. The van der Waals surface area contributed by atoms with Gasteiger partial charge in [0, 0.05) is 17.3 Å². The molecule has 0 unspecified atom stereocenters. The molecular weight excluding hydrogens is 516 g/mol. The van der Waals surface area contributed by atoms with Crippen LogP contribution >= 0.6 is 11.6 Å². The summed E-state index contributed by atoms with van der Waals surface area (Å²) in [5, 5.41) is 23.1. The van der Waals surface area contributed by atoms with E-state index < -0.39 is 62.0 Å². The maximum Gasteiger partial charge on any atom is 0.255 e. The average molecular weight is 542 g/mol. The van der Waals surface area contributed by atoms with Gasteiger partial charge in [0.05, 0.1) is 15.2 Å². The van der Waals surface area contributed by atoms with Crippen molar-refractivity contribution in [2.75, 3.05) is 5.32 Å². The number of ketones is 1. The van der Waals surface area contributed by atoms with Gasteiger partial charge in [0.2, 0.25) is 0 Å². The fraction of sp³-hybridized carbons (Fsp3) is 0.440. The third-order valence-corrected chi connectivity index (χ3v) is 10.2. The molecule has 0 aliphatic heterocycles. The van der Waals surface area contributed by atoms with Crippen LogP contribution in [0.4, 0.5) is 14.5 Å². The molecule has 2 bridgehead atoms. The lowest BCUT2D eigenvalue weighted by molar-refractivity contribution is -0.163. The van der Waals surface area contributed by atoms with E-state index in [1.54, 1.807) is 0 Å². The Morgan fingerprint density at radius 1 is 1.11 bits per heavy atom. The van der Waals surface area contributed by atoms with Crippen molar-refractivity contribution >= 4 is 38.8 Å². The van der Waals surface area contributed by atoms with E-state index >= 15 is 0 Å². The molecule has 0 aromatic heterocycles. The second-order valence-corrected chi connectivity index (χ2v) is 12.4. The average Bonchev–Trinajstić information content (AvgIpc) is 2.94. The van der Waals surface area contributed by atoms with Crippen LogP contribution in [0.3, 0.4) is 0 Å². The Morgan fingerprint density at radius 3 is 2.42 bits per heavy atom. The van der Waals surface area contributed by atoms with Crippen LogP contribution < -0.4 is 5.32 Å². The lowest BCUT2D eigenvalue weighted by Gasteiger charge is -2.45. The third-order valence-electron chi connectivity index (χ3n) is 7.59. The highest BCUT2D eigenvalue weighted by Gasteiger charge is 2.62. The molecule has 2 fully saturated rings. The summed E-state index contributed by atoms with van der Waals surface area (Å²) in [5.41, 5.74) is -1.77. The van der Waals surface area contributed by atoms with Gasteiger partial charge in [-0.1, -0.05) is 18.5 Å². The zero-order valence-corrected chi connectivity index (χ0v) is 21.1. The minimum atomic E-state index is -4.08. The minimum Gasteiger partial charge on any atom is -0.386 e. The first-order valence-electron chi connectivity index (χ1n) is 11.5. The van der Waals surface area contributed by atoms with Gasteiger partial charge in [-0.3, -0.25) is 9.59 Å². The lowest BCUT2D eigenvalue weighted by Crippen LogP contribution is -2.58. The number of hydrogen-bond donors (Lipinski definition) is 3. The van der Waals surface area contributed by atoms with Crippen LogP contribution in [0.15, 0.2) is 41.3 Å². The van der Waals surface area contributed by atoms with Gasteiger partial charge in [-0.15, -0.1) is 0 Å². The zero-order chi connectivity index (χ0) is 26.6. The first-order valence-corrected chi connectivity index (χ1v) is 13.4. The molecule has 194 valence electrons. The maximum atomic E-state index is 13.6. The zero-order valence-electron chi connectivity index (χ0n) is 19.5. The Kier molecular flexibility index (Phi) is 7.02. The van der Waals surface area contributed by atoms with E-state index in [0.29, 0.717) is 6.42 Å². The van der Waals surface area contributed by atoms with Crippen molar-refractivity contribution in [1.29, 1.82) is 0 Å². The minimum absolute atomic E-state index is 0.0144. The summed E-state index contributed by atoms with van der Waals surface area (Å²) in [5.74, 6) is -4.89. The molecule has 4 rings (SSSR count). The number of sulfone groups is 1. The summed E-state index contributed by atoms with van der Waals surface area (Å²) < 4.78 is 53.9. The van der Waals surface area contributed by atoms with Crippen molar-refractivity contribution in [3.8, 4) is 0 Å². The number of aliphatic hydroxyl groups excluding tert-OH is 1. The van der Waals surface area contributed by atoms with Crippen LogP contribution in [-0.2, 0) is 14.6 Å². The summed E-state index contributed by atoms with van der Waals surface area (Å²) in [6, 6.07) is 6.53. The Morgan fingerprint density at radius 2 is 1.81 bits per heavy atom. The number of hydrogen-bond acceptors (Lipinski definition) is 6. The SMILES string of the molecule is CC(=O)[C@@H](O)[C@@]1(O)[C@H]2C[C@@H](S(=O)(=O)c3cc(C(=O)Nc4ccc(F)c(F)c4)ccc3Cl)C[C@@H]1[C@@H](C)C2. The molecule has 2 aliphatic carbocycles. The predicted molar refractivity (Wildman–Crippen MR) is 128 cm³/mol. The van der Waals surface area contributed by atoms with Gasteiger partial charge in [0.1, 0.15) is 11.7 Å². The van der Waals surface area contributed by atoms with E-state index in [1.165, 1.54) is 25.1 Å². The molecule has 0 spiro atoms. The van der Waals surface area contributed by atoms with Crippen LogP contribution in [0.1, 0.15) is 43.5 Å². The Bertz CT molecular complexity index is 1340. The van der Waals surface area contributed by atoms with E-state index in [4.69, 9.17) is 11.6 Å². The summed E-state index contributed by atoms with van der Waals surface area (Å²) in [7, 11) is -4.08. The maximum absolute atomic E-state index is 13.6. The van der Waals surface area contributed by atoms with Gasteiger partial charge in [-0.25, -0.2) is 17.2 Å². The van der Waals surface area contributed by atoms with E-state index in [0.717, 1.165) is 18.2 Å². The number of Topliss-reactive ketones (excluding diaryl/α,β-unsaturated/α-hetero) is 1. The van der Waals surface area contributed by atoms with Gasteiger partial charge in [0.25, 0.3) is 5.91 Å². The molecule has 36 heavy (non-hydrogen) atoms. The Hall–Kier alpha value is -2.40. The quantitative estimate of drug-likeness (QED) is 0.512. The van der Waals surface area contributed by atoms with E-state index in [9.17, 15) is 37.0 Å². The normalized spacial score (nSPS) is 28.5. The van der Waals surface area contributed by atoms with Gasteiger partial charge in [-0.2, -0.15) is 0 Å². The van der Waals surface area contributed by atoms with Gasteiger partial charge >= 0.3 is 0 Å². The molecular formula is C25H26ClF2NO6S. The van der Waals surface area contributed by atoms with Crippen molar-refractivity contribution in [1.82, 2.24) is 0 Å². The number of fused-ring (bicyclic) bond motifs is 2. The number of carbonyl (C=O) groups is 2. The molecule has 0 heterocycles. The number of benzene rings is 2. The van der Waals surface area contributed by atoms with Crippen LogP contribution in [0.25, 0.3) is 0 Å². The monoisotopic (exact) mass is 541 g/mol. The molecule has 2 aliphatic rings. The molecule has 2 aromatic rings. The molecule has 2 aromatic carbocycles. The number of rotatable bonds is 6. The van der Waals surface area contributed by atoms with Gasteiger partial charge in [0.15, 0.2) is 27.3 Å². The number of halogens is 3. The fourth-order valence-electron chi connectivity index (χ4n) is 5.79. The van der Waals surface area contributed by atoms with Crippen LogP contribution in [0.2, 0.25) is 5.02 Å². The summed E-state index contributed by atoms with van der Waals surface area (Å²) in [6.45, 7) is 3.04. The topological polar surface area (TPSA) is 121 Å². The lowest BCUT2D eigenvalue weighted by atomic mass is 9.69. The van der Waals surface area contributed by atoms with Crippen LogP contribution in [0.5, 0.6) is 0 Å². The number of amides is 1. The van der Waals surface area contributed by atoms with Crippen molar-refractivity contribution in [2.24, 2.45) is 17.8 Å². The molecule has 0 radical (unpaired) electrons. The fourth-order valence-corrected chi connectivity index (χ4v) is 8.16. The van der Waals surface area contributed by atoms with Gasteiger partial charge in [-0.05, 0) is 74.3 Å². The highest BCUT2D eigenvalue weighted by atomic mass is 35.5. The second-order valence-electron chi connectivity index (χ2n) is 9.78. The summed E-state index contributed by atoms with van der Waals surface area (Å²) in [4.78, 5) is 24.3. The van der Waals surface area contributed by atoms with Crippen molar-refractivity contribution in [3.05, 3.63) is 58.6 Å². The summed E-state index contributed by atoms with van der Waals surface area (Å²) in [6.07, 6.45) is -1.11. The van der Waals surface area contributed by atoms with E-state index in [2.05, 4.69) is 5.32 Å². The molecule has 0 saturated heterocycles. The molecule has 3 N–H and O–H groups in total. The van der Waals surface area contributed by atoms with Crippen molar-refractivity contribution < 1.29 is 37.0 Å². The predicted octanol–water partition coefficient (Wildman–Crippen LogP) is 3.76. The van der Waals surface area contributed by atoms with E-state index in [-0.39, 0.29) is 39.9 Å². The first kappa shape index (κ1) is 26.7. The highest BCUT2D eigenvalue weighted by molar-refractivity contribution is 7.92. The molecule has 11 heteroatoms. The van der Waals surface area contributed by atoms with Crippen LogP contribution in [-0.4, -0.2) is 47.3 Å². The smallest absolute Gasteiger partial charge is 0.255 e. The summed E-state index contributed by atoms with van der Waals surface area (Å²) >= 11 is 6.23. The number of carbonyl (C=O) groups excluding carboxylic acids is 2. The largest absolute Gasteiger partial charge is 0.386 e. The number of anilines is 1. The third kappa shape index (κ3) is 4.44. The Balaban J connectivity index is 1.61. The second kappa shape index (κ2) is 9.48. The first-order chi connectivity index (χ1) is 16.8. The van der Waals surface area contributed by atoms with Gasteiger partial charge < -0.3 is 15.5 Å². The van der Waals surface area contributed by atoms with Crippen molar-refractivity contribution in [3.63, 3.8) is 0 Å². The van der Waals surface area contributed by atoms with Crippen LogP contribution in [0, 0.1) is 29.4 Å². The highest BCUT2D eigenvalue weighted by Crippen LogP contribution is 2.56. The standard InChI is InChI=1S/C25H26ClF2NO6S/c1-12-7-15-9-17(11-18(12)25(15,33)23(31)13(2)30)36(34,35)22-8-14(3-5-19(22)26)24(32)29-16-4-6-20(27)21(28)10-16/h3-6,8,10,12,15,17-18,23,31,33H,7,9,11H2,1-2H3,(H,29,32)/t12-,15+,17+,18+,23+,25+/m0/s1.